The number of carbonyl (C=O) groups excluding carboxylic acids is 1. The highest BCUT2D eigenvalue weighted by Crippen LogP contribution is 2.47. The summed E-state index contributed by atoms with van der Waals surface area (Å²) in [4.78, 5) is 14.9. The van der Waals surface area contributed by atoms with Crippen LogP contribution >= 0.6 is 22.6 Å². The van der Waals surface area contributed by atoms with E-state index in [1.807, 2.05) is 30.3 Å². The third-order valence-corrected chi connectivity index (χ3v) is 9.77. The first-order valence-corrected chi connectivity index (χ1v) is 15.7. The predicted molar refractivity (Wildman–Crippen MR) is 141 cm³/mol. The summed E-state index contributed by atoms with van der Waals surface area (Å²) in [6.07, 6.45) is 1.36. The van der Waals surface area contributed by atoms with Crippen LogP contribution in [0.25, 0.3) is 0 Å². The Hall–Kier alpha value is -1.29. The number of hydrogen-bond acceptors (Lipinski definition) is 3. The Kier molecular flexibility index (Phi) is 9.49. The molecule has 0 bridgehead atoms. The molecule has 1 heterocycles. The van der Waals surface area contributed by atoms with Gasteiger partial charge < -0.3 is 18.9 Å². The highest BCUT2D eigenvalue weighted by atomic mass is 127. The Morgan fingerprint density at radius 3 is 2.45 bits per heavy atom. The molecule has 0 unspecified atom stereocenters. The van der Waals surface area contributed by atoms with E-state index in [1.165, 1.54) is 9.13 Å². The monoisotopic (exact) mass is 583 g/mol. The summed E-state index contributed by atoms with van der Waals surface area (Å²) in [5, 5.41) is 9.51. The van der Waals surface area contributed by atoms with E-state index in [1.54, 1.807) is 18.0 Å². The highest BCUT2D eigenvalue weighted by Gasteiger charge is 2.51. The van der Waals surface area contributed by atoms with Gasteiger partial charge in [-0.05, 0) is 77.7 Å². The molecule has 1 N–H and O–H groups in total. The average Bonchev–Trinajstić information content (AvgIpc) is 3.07. The lowest BCUT2D eigenvalue weighted by Gasteiger charge is -2.30. The molecule has 4 nitrogen and oxygen atoms in total. The van der Waals surface area contributed by atoms with Crippen LogP contribution in [0.5, 0.6) is 0 Å². The van der Waals surface area contributed by atoms with Crippen molar-refractivity contribution in [1.29, 1.82) is 0 Å². The maximum absolute atomic E-state index is 15.4. The number of rotatable bonds is 10. The number of hydrogen-bond donors (Lipinski definition) is 1. The molecule has 1 amide bonds. The summed E-state index contributed by atoms with van der Waals surface area (Å²) < 4.78 is 23.0. The van der Waals surface area contributed by atoms with Gasteiger partial charge in [-0.25, -0.2) is 0 Å². The van der Waals surface area contributed by atoms with Crippen molar-refractivity contribution >= 4 is 36.9 Å². The second-order valence-corrected chi connectivity index (χ2v) is 14.6. The van der Waals surface area contributed by atoms with Crippen LogP contribution < -0.4 is 0 Å². The first-order chi connectivity index (χ1) is 15.7. The lowest BCUT2D eigenvalue weighted by atomic mass is 9.95. The summed E-state index contributed by atoms with van der Waals surface area (Å²) in [5.41, 5.74) is 2.03. The lowest BCUT2D eigenvalue weighted by Crippen LogP contribution is -2.40. The van der Waals surface area contributed by atoms with Gasteiger partial charge in [0.05, 0.1) is 25.2 Å². The summed E-state index contributed by atoms with van der Waals surface area (Å²) in [6, 6.07) is 18.1. The second kappa shape index (κ2) is 11.9. The minimum absolute atomic E-state index is 0.0615. The van der Waals surface area contributed by atoms with Crippen LogP contribution in [0.15, 0.2) is 54.6 Å². The van der Waals surface area contributed by atoms with Crippen LogP contribution in [-0.4, -0.2) is 49.7 Å². The Labute approximate surface area is 211 Å². The molecule has 2 aromatic carbocycles. The third kappa shape index (κ3) is 7.34. The van der Waals surface area contributed by atoms with Crippen LogP contribution in [0, 0.1) is 9.49 Å². The Morgan fingerprint density at radius 1 is 1.12 bits per heavy atom. The van der Waals surface area contributed by atoms with Crippen LogP contribution in [0.4, 0.5) is 4.11 Å². The zero-order valence-electron chi connectivity index (χ0n) is 19.7. The summed E-state index contributed by atoms with van der Waals surface area (Å²) >= 11 is 2.31. The normalized spacial score (nSPS) is 23.0. The van der Waals surface area contributed by atoms with Crippen molar-refractivity contribution in [2.75, 3.05) is 13.2 Å². The number of halogens is 2. The molecule has 0 radical (unpaired) electrons. The maximum atomic E-state index is 15.4. The number of ether oxygens (including phenoxy) is 1. The van der Waals surface area contributed by atoms with Crippen LogP contribution in [0.3, 0.4) is 0 Å². The molecule has 0 saturated carbocycles. The Balaban J connectivity index is 1.69. The number of benzene rings is 2. The number of aryl methyl sites for hydroxylation is 1. The van der Waals surface area contributed by atoms with Gasteiger partial charge in [-0.3, -0.25) is 4.79 Å². The van der Waals surface area contributed by atoms with Crippen LogP contribution in [0.1, 0.15) is 30.9 Å². The fraction of sp³-hybridized carbons (Fsp3) is 0.500. The molecular weight excluding hydrogens is 548 g/mol. The molecule has 0 aromatic heterocycles. The number of aliphatic hydroxyl groups is 1. The molecule has 33 heavy (non-hydrogen) atoms. The second-order valence-electron chi connectivity index (χ2n) is 9.56. The van der Waals surface area contributed by atoms with E-state index in [2.05, 4.69) is 53.8 Å². The van der Waals surface area contributed by atoms with Gasteiger partial charge in [-0.2, -0.15) is 0 Å². The van der Waals surface area contributed by atoms with Gasteiger partial charge in [0.2, 0.25) is 14.3 Å². The minimum atomic E-state index is -3.05. The zero-order chi connectivity index (χ0) is 24.0. The van der Waals surface area contributed by atoms with E-state index in [9.17, 15) is 9.90 Å². The Bertz CT molecular complexity index is 908. The van der Waals surface area contributed by atoms with E-state index in [-0.39, 0.29) is 43.0 Å². The number of nitrogens with zero attached hydrogens (tertiary/aromatic N) is 1. The third-order valence-electron chi connectivity index (χ3n) is 6.62. The molecule has 4 atom stereocenters. The Morgan fingerprint density at radius 2 is 1.82 bits per heavy atom. The molecule has 7 heteroatoms. The molecule has 1 fully saturated rings. The quantitative estimate of drug-likeness (QED) is 0.226. The zero-order valence-corrected chi connectivity index (χ0v) is 22.9. The van der Waals surface area contributed by atoms with Gasteiger partial charge in [0.1, 0.15) is 0 Å². The fourth-order valence-corrected chi connectivity index (χ4v) is 8.25. The van der Waals surface area contributed by atoms with Gasteiger partial charge in [0, 0.05) is 22.2 Å². The molecule has 2 aromatic rings. The minimum Gasteiger partial charge on any atom is -0.395 e. The molecular formula is C26H35FINO3Si. The van der Waals surface area contributed by atoms with E-state index in [0.29, 0.717) is 6.54 Å². The summed E-state index contributed by atoms with van der Waals surface area (Å²) in [6.45, 7) is 6.12. The molecule has 1 aliphatic heterocycles. The number of aliphatic hydroxyl groups excluding tert-OH is 1. The SMILES string of the molecule is C[C@@H]1[C@@H]([Si](C)(C)F)[C@H](CC(=O)N(CCO)Cc2ccccc2)O[C@@H]1CCc1cccc(I)c1. The van der Waals surface area contributed by atoms with Crippen molar-refractivity contribution in [1.82, 2.24) is 4.90 Å². The van der Waals surface area contributed by atoms with Gasteiger partial charge >= 0.3 is 0 Å². The van der Waals surface area contributed by atoms with Gasteiger partial charge in [-0.1, -0.05) is 49.4 Å². The smallest absolute Gasteiger partial charge is 0.246 e. The summed E-state index contributed by atoms with van der Waals surface area (Å²) in [5.74, 6) is -0.0238. The molecule has 0 spiro atoms. The largest absolute Gasteiger partial charge is 0.395 e. The van der Waals surface area contributed by atoms with Crippen LogP contribution in [0.2, 0.25) is 18.6 Å². The molecule has 180 valence electrons. The van der Waals surface area contributed by atoms with Crippen molar-refractivity contribution in [2.45, 2.75) is 63.6 Å². The van der Waals surface area contributed by atoms with Gasteiger partial charge in [-0.15, -0.1) is 0 Å². The molecule has 0 aliphatic carbocycles. The first-order valence-electron chi connectivity index (χ1n) is 11.7. The van der Waals surface area contributed by atoms with E-state index in [0.717, 1.165) is 18.4 Å². The standard InChI is InChI=1S/C26H35FINO3Si/c1-19-23(13-12-20-10-7-11-22(28)16-20)32-24(26(19)33(2,3)27)17-25(31)29(14-15-30)18-21-8-5-4-6-9-21/h4-11,16,19,23-24,26,30H,12-15,17-18H2,1-3H3/t19-,23+,24-,26+/m0/s1. The van der Waals surface area contributed by atoms with Crippen molar-refractivity contribution < 1.29 is 18.7 Å². The summed E-state index contributed by atoms with van der Waals surface area (Å²) in [7, 11) is -3.05. The molecule has 1 aliphatic rings. The fourth-order valence-electron chi connectivity index (χ4n) is 5.10. The van der Waals surface area contributed by atoms with E-state index < -0.39 is 14.5 Å². The topological polar surface area (TPSA) is 49.8 Å². The van der Waals surface area contributed by atoms with Crippen molar-refractivity contribution in [2.24, 2.45) is 5.92 Å². The molecule has 3 rings (SSSR count). The van der Waals surface area contributed by atoms with Crippen LogP contribution in [-0.2, 0) is 22.5 Å². The van der Waals surface area contributed by atoms with E-state index >= 15 is 4.11 Å². The van der Waals surface area contributed by atoms with Crippen molar-refractivity contribution in [3.8, 4) is 0 Å². The van der Waals surface area contributed by atoms with E-state index in [4.69, 9.17) is 4.74 Å². The number of carbonyl (C=O) groups is 1. The van der Waals surface area contributed by atoms with Crippen molar-refractivity contribution in [3.05, 3.63) is 69.3 Å². The molecule has 1 saturated heterocycles. The first kappa shape index (κ1) is 26.3. The van der Waals surface area contributed by atoms with Gasteiger partial charge in [0.25, 0.3) is 0 Å². The average molecular weight is 584 g/mol. The lowest BCUT2D eigenvalue weighted by molar-refractivity contribution is -0.135. The highest BCUT2D eigenvalue weighted by molar-refractivity contribution is 14.1. The van der Waals surface area contributed by atoms with Crippen molar-refractivity contribution in [3.63, 3.8) is 0 Å². The maximum Gasteiger partial charge on any atom is 0.246 e. The predicted octanol–water partition coefficient (Wildman–Crippen LogP) is 5.58. The number of amides is 1. The van der Waals surface area contributed by atoms with Gasteiger partial charge in [0.15, 0.2) is 0 Å².